The molecule has 0 radical (unpaired) electrons. The van der Waals surface area contributed by atoms with Crippen LogP contribution in [-0.2, 0) is 0 Å². The molecule has 0 bridgehead atoms. The van der Waals surface area contributed by atoms with E-state index in [1.54, 1.807) is 0 Å². The molecule has 0 saturated heterocycles. The van der Waals surface area contributed by atoms with Crippen molar-refractivity contribution in [3.05, 3.63) is 30.1 Å². The van der Waals surface area contributed by atoms with Crippen molar-refractivity contribution in [2.24, 2.45) is 5.41 Å². The molecule has 17 heavy (non-hydrogen) atoms. The van der Waals surface area contributed by atoms with Crippen molar-refractivity contribution in [3.63, 3.8) is 0 Å². The Morgan fingerprint density at radius 1 is 1.24 bits per heavy atom. The Balaban J connectivity index is 1.86. The zero-order chi connectivity index (χ0) is 12.3. The summed E-state index contributed by atoms with van der Waals surface area (Å²) in [6.07, 6.45) is 9.04. The molecule has 1 atom stereocenters. The van der Waals surface area contributed by atoms with Crippen molar-refractivity contribution in [3.8, 4) is 0 Å². The maximum Gasteiger partial charge on any atom is 0.0295 e. The van der Waals surface area contributed by atoms with Gasteiger partial charge in [0.2, 0.25) is 0 Å². The van der Waals surface area contributed by atoms with E-state index in [0.717, 1.165) is 0 Å². The van der Waals surface area contributed by atoms with Gasteiger partial charge in [-0.15, -0.1) is 0 Å². The predicted molar refractivity (Wildman–Crippen MR) is 71.8 cm³/mol. The summed E-state index contributed by atoms with van der Waals surface area (Å²) in [6, 6.07) is 5.32. The Hall–Kier alpha value is -0.890. The molecule has 1 aliphatic rings. The lowest BCUT2D eigenvalue weighted by Crippen LogP contribution is -2.37. The van der Waals surface area contributed by atoms with Gasteiger partial charge >= 0.3 is 0 Å². The average molecular weight is 232 g/mol. The molecule has 94 valence electrons. The molecule has 1 heterocycles. The van der Waals surface area contributed by atoms with Gasteiger partial charge in [0.1, 0.15) is 0 Å². The van der Waals surface area contributed by atoms with Gasteiger partial charge in [-0.1, -0.05) is 13.8 Å². The molecular weight excluding hydrogens is 208 g/mol. The molecule has 0 amide bonds. The van der Waals surface area contributed by atoms with E-state index in [1.165, 1.54) is 31.2 Å². The molecule has 0 spiro atoms. The third kappa shape index (κ3) is 3.53. The summed E-state index contributed by atoms with van der Waals surface area (Å²) in [5.41, 5.74) is 1.89. The number of aromatic nitrogens is 1. The van der Waals surface area contributed by atoms with E-state index in [2.05, 4.69) is 43.2 Å². The Bertz CT molecular complexity index is 335. The largest absolute Gasteiger partial charge is 0.307 e. The maximum atomic E-state index is 4.07. The molecule has 2 heteroatoms. The van der Waals surface area contributed by atoms with Crippen LogP contribution in [0.5, 0.6) is 0 Å². The van der Waals surface area contributed by atoms with Gasteiger partial charge in [-0.05, 0) is 55.7 Å². The highest BCUT2D eigenvalue weighted by molar-refractivity contribution is 5.14. The van der Waals surface area contributed by atoms with E-state index in [1.807, 2.05) is 12.4 Å². The van der Waals surface area contributed by atoms with Crippen LogP contribution in [0.15, 0.2) is 24.5 Å². The van der Waals surface area contributed by atoms with Gasteiger partial charge in [-0.25, -0.2) is 0 Å². The molecule has 0 aromatic carbocycles. The van der Waals surface area contributed by atoms with Crippen LogP contribution in [0.1, 0.15) is 58.1 Å². The fourth-order valence-corrected chi connectivity index (χ4v) is 2.67. The van der Waals surface area contributed by atoms with Crippen molar-refractivity contribution in [2.45, 2.75) is 58.5 Å². The van der Waals surface area contributed by atoms with Gasteiger partial charge in [0.05, 0.1) is 0 Å². The molecule has 0 unspecified atom stereocenters. The van der Waals surface area contributed by atoms with E-state index in [4.69, 9.17) is 0 Å². The number of hydrogen-bond acceptors (Lipinski definition) is 2. The molecule has 2 nitrogen and oxygen atoms in total. The van der Waals surface area contributed by atoms with Gasteiger partial charge in [0.25, 0.3) is 0 Å². The zero-order valence-corrected chi connectivity index (χ0v) is 11.2. The number of nitrogens with one attached hydrogen (secondary N) is 1. The van der Waals surface area contributed by atoms with Crippen LogP contribution in [0.3, 0.4) is 0 Å². The topological polar surface area (TPSA) is 24.9 Å². The fourth-order valence-electron chi connectivity index (χ4n) is 2.67. The lowest BCUT2D eigenvalue weighted by Gasteiger charge is -2.36. The highest BCUT2D eigenvalue weighted by Crippen LogP contribution is 2.35. The summed E-state index contributed by atoms with van der Waals surface area (Å²) in [5.74, 6) is 0. The van der Waals surface area contributed by atoms with Crippen LogP contribution < -0.4 is 5.32 Å². The first-order valence-electron chi connectivity index (χ1n) is 6.73. The summed E-state index contributed by atoms with van der Waals surface area (Å²) in [6.45, 7) is 7.01. The highest BCUT2D eigenvalue weighted by Gasteiger charge is 2.27. The van der Waals surface area contributed by atoms with Gasteiger partial charge in [-0.2, -0.15) is 0 Å². The van der Waals surface area contributed by atoms with E-state index >= 15 is 0 Å². The van der Waals surface area contributed by atoms with E-state index in [9.17, 15) is 0 Å². The SMILES string of the molecule is C[C@H](NC1CCC(C)(C)CC1)c1ccncc1. The number of pyridine rings is 1. The molecule has 1 fully saturated rings. The third-order valence-electron chi connectivity index (χ3n) is 4.03. The van der Waals surface area contributed by atoms with E-state index in [0.29, 0.717) is 17.5 Å². The third-order valence-corrected chi connectivity index (χ3v) is 4.03. The Morgan fingerprint density at radius 3 is 2.41 bits per heavy atom. The van der Waals surface area contributed by atoms with E-state index < -0.39 is 0 Å². The van der Waals surface area contributed by atoms with E-state index in [-0.39, 0.29) is 0 Å². The molecule has 1 aromatic rings. The second-order valence-corrected chi connectivity index (χ2v) is 6.11. The van der Waals surface area contributed by atoms with Gasteiger partial charge in [0.15, 0.2) is 0 Å². The first kappa shape index (κ1) is 12.6. The highest BCUT2D eigenvalue weighted by atomic mass is 14.9. The van der Waals surface area contributed by atoms with Crippen molar-refractivity contribution < 1.29 is 0 Å². The summed E-state index contributed by atoms with van der Waals surface area (Å²) >= 11 is 0. The van der Waals surface area contributed by atoms with Crippen LogP contribution in [0.25, 0.3) is 0 Å². The quantitative estimate of drug-likeness (QED) is 0.859. The number of rotatable bonds is 3. The van der Waals surface area contributed by atoms with Gasteiger partial charge in [-0.3, -0.25) is 4.98 Å². The Morgan fingerprint density at radius 2 is 1.82 bits per heavy atom. The minimum Gasteiger partial charge on any atom is -0.307 e. The number of hydrogen-bond donors (Lipinski definition) is 1. The standard InChI is InChI=1S/C15H24N2/c1-12(13-6-10-16-11-7-13)17-14-4-8-15(2,3)9-5-14/h6-7,10-12,14,17H,4-5,8-9H2,1-3H3/t12-/m0/s1. The summed E-state index contributed by atoms with van der Waals surface area (Å²) in [7, 11) is 0. The lowest BCUT2D eigenvalue weighted by atomic mass is 9.75. The molecular formula is C15H24N2. The maximum absolute atomic E-state index is 4.07. The van der Waals surface area contributed by atoms with Gasteiger partial charge in [0, 0.05) is 24.5 Å². The molecule has 0 aliphatic heterocycles. The molecule has 1 N–H and O–H groups in total. The Labute approximate surface area is 105 Å². The predicted octanol–water partition coefficient (Wildman–Crippen LogP) is 3.70. The second kappa shape index (κ2) is 5.18. The first-order chi connectivity index (χ1) is 8.07. The summed E-state index contributed by atoms with van der Waals surface area (Å²) in [5, 5.41) is 3.75. The monoisotopic (exact) mass is 232 g/mol. The van der Waals surface area contributed by atoms with Gasteiger partial charge < -0.3 is 5.32 Å². The van der Waals surface area contributed by atoms with Crippen LogP contribution in [-0.4, -0.2) is 11.0 Å². The molecule has 1 saturated carbocycles. The van der Waals surface area contributed by atoms with Crippen LogP contribution >= 0.6 is 0 Å². The normalized spacial score (nSPS) is 22.3. The molecule has 1 aromatic heterocycles. The van der Waals surface area contributed by atoms with Crippen molar-refractivity contribution >= 4 is 0 Å². The summed E-state index contributed by atoms with van der Waals surface area (Å²) < 4.78 is 0. The smallest absolute Gasteiger partial charge is 0.0295 e. The Kier molecular flexibility index (Phi) is 3.82. The van der Waals surface area contributed by atoms with Crippen LogP contribution in [0, 0.1) is 5.41 Å². The second-order valence-electron chi connectivity index (χ2n) is 6.11. The minimum atomic E-state index is 0.434. The van der Waals surface area contributed by atoms with Crippen LogP contribution in [0.2, 0.25) is 0 Å². The molecule has 1 aliphatic carbocycles. The minimum absolute atomic E-state index is 0.434. The lowest BCUT2D eigenvalue weighted by molar-refractivity contribution is 0.200. The fraction of sp³-hybridized carbons (Fsp3) is 0.667. The van der Waals surface area contributed by atoms with Crippen LogP contribution in [0.4, 0.5) is 0 Å². The van der Waals surface area contributed by atoms with Crippen molar-refractivity contribution in [1.29, 1.82) is 0 Å². The molecule has 2 rings (SSSR count). The van der Waals surface area contributed by atoms with Crippen molar-refractivity contribution in [1.82, 2.24) is 10.3 Å². The summed E-state index contributed by atoms with van der Waals surface area (Å²) in [4.78, 5) is 4.07. The number of nitrogens with zero attached hydrogens (tertiary/aromatic N) is 1. The van der Waals surface area contributed by atoms with Crippen molar-refractivity contribution in [2.75, 3.05) is 0 Å². The zero-order valence-electron chi connectivity index (χ0n) is 11.2. The first-order valence-corrected chi connectivity index (χ1v) is 6.73. The average Bonchev–Trinajstić information content (AvgIpc) is 2.33.